The van der Waals surface area contributed by atoms with Crippen LogP contribution in [0.3, 0.4) is 0 Å². The lowest BCUT2D eigenvalue weighted by atomic mass is 10.2. The number of aliphatic hydroxyl groups is 1. The third kappa shape index (κ3) is 6.46. The van der Waals surface area contributed by atoms with Gasteiger partial charge in [0.2, 0.25) is 5.91 Å². The van der Waals surface area contributed by atoms with E-state index in [9.17, 15) is 4.79 Å². The van der Waals surface area contributed by atoms with Gasteiger partial charge in [0.25, 0.3) is 0 Å². The van der Waals surface area contributed by atoms with Gasteiger partial charge in [-0.1, -0.05) is 0 Å². The van der Waals surface area contributed by atoms with Crippen molar-refractivity contribution in [1.29, 1.82) is 0 Å². The second-order valence-corrected chi connectivity index (χ2v) is 4.84. The molecule has 0 aromatic heterocycles. The van der Waals surface area contributed by atoms with Crippen LogP contribution < -0.4 is 15.2 Å². The fourth-order valence-electron chi connectivity index (χ4n) is 1.87. The quantitative estimate of drug-likeness (QED) is 0.626. The summed E-state index contributed by atoms with van der Waals surface area (Å²) in [5.41, 5.74) is 5.64. The summed E-state index contributed by atoms with van der Waals surface area (Å²) in [4.78, 5) is 13.3. The number of nitrogens with two attached hydrogens (primary N) is 1. The Morgan fingerprint density at radius 2 is 1.95 bits per heavy atom. The third-order valence-corrected chi connectivity index (χ3v) is 3.08. The first-order valence-electron chi connectivity index (χ1n) is 6.98. The molecule has 0 aliphatic carbocycles. The van der Waals surface area contributed by atoms with Crippen LogP contribution in [-0.2, 0) is 0 Å². The number of nitrogens with zero attached hydrogens (tertiary/aromatic N) is 1. The van der Waals surface area contributed by atoms with Crippen molar-refractivity contribution in [2.75, 3.05) is 40.5 Å². The Bertz CT molecular complexity index is 451. The van der Waals surface area contributed by atoms with Crippen molar-refractivity contribution in [3.05, 3.63) is 23.8 Å². The van der Waals surface area contributed by atoms with Gasteiger partial charge in [-0.25, -0.2) is 0 Å². The van der Waals surface area contributed by atoms with E-state index >= 15 is 0 Å². The largest absolute Gasteiger partial charge is 0.497 e. The van der Waals surface area contributed by atoms with Crippen LogP contribution in [0.5, 0.6) is 11.5 Å². The number of ether oxygens (including phenoxy) is 2. The lowest BCUT2D eigenvalue weighted by molar-refractivity contribution is 0.0999. The van der Waals surface area contributed by atoms with Crippen molar-refractivity contribution in [3.63, 3.8) is 0 Å². The van der Waals surface area contributed by atoms with E-state index in [0.29, 0.717) is 30.2 Å². The van der Waals surface area contributed by atoms with Crippen LogP contribution in [0.4, 0.5) is 0 Å². The van der Waals surface area contributed by atoms with Crippen LogP contribution >= 0.6 is 0 Å². The Hall–Kier alpha value is -1.79. The molecule has 0 spiro atoms. The number of hydrogen-bond donors (Lipinski definition) is 2. The van der Waals surface area contributed by atoms with E-state index in [2.05, 4.69) is 4.90 Å². The summed E-state index contributed by atoms with van der Waals surface area (Å²) < 4.78 is 10.7. The molecule has 0 saturated heterocycles. The number of amides is 1. The Morgan fingerprint density at radius 1 is 1.24 bits per heavy atom. The van der Waals surface area contributed by atoms with Gasteiger partial charge in [-0.15, -0.1) is 0 Å². The topological polar surface area (TPSA) is 85.0 Å². The van der Waals surface area contributed by atoms with E-state index < -0.39 is 5.91 Å². The summed E-state index contributed by atoms with van der Waals surface area (Å²) in [5, 5.41) is 8.79. The van der Waals surface area contributed by atoms with E-state index in [1.165, 1.54) is 7.11 Å². The number of likely N-dealkylation sites (N-methyl/N-ethyl adjacent to an activating group) is 1. The first-order valence-corrected chi connectivity index (χ1v) is 6.98. The van der Waals surface area contributed by atoms with E-state index in [1.54, 1.807) is 18.2 Å². The normalized spacial score (nSPS) is 10.7. The molecule has 0 unspecified atom stereocenters. The third-order valence-electron chi connectivity index (χ3n) is 3.08. The first-order chi connectivity index (χ1) is 10.1. The lowest BCUT2D eigenvalue weighted by Crippen LogP contribution is -2.23. The number of carbonyl (C=O) groups is 1. The number of hydrogen-bond acceptors (Lipinski definition) is 5. The predicted molar refractivity (Wildman–Crippen MR) is 80.8 cm³/mol. The zero-order chi connectivity index (χ0) is 15.7. The highest BCUT2D eigenvalue weighted by Gasteiger charge is 2.07. The van der Waals surface area contributed by atoms with E-state index in [0.717, 1.165) is 19.4 Å². The standard InChI is InChI=1S/C15H24N2O4/c1-17(6-7-18)5-3-4-8-21-14-10-12(15(16)19)9-13(11-14)20-2/h9-11,18H,3-8H2,1-2H3,(H2,16,19). The molecule has 0 radical (unpaired) electrons. The van der Waals surface area contributed by atoms with Gasteiger partial charge in [-0.3, -0.25) is 4.79 Å². The smallest absolute Gasteiger partial charge is 0.248 e. The van der Waals surface area contributed by atoms with Crippen LogP contribution in [0.25, 0.3) is 0 Å². The Kier molecular flexibility index (Phi) is 7.56. The van der Waals surface area contributed by atoms with Crippen LogP contribution in [-0.4, -0.2) is 56.4 Å². The zero-order valence-electron chi connectivity index (χ0n) is 12.7. The van der Waals surface area contributed by atoms with Crippen molar-refractivity contribution in [3.8, 4) is 11.5 Å². The van der Waals surface area contributed by atoms with Gasteiger partial charge in [0.05, 0.1) is 20.3 Å². The average Bonchev–Trinajstić information content (AvgIpc) is 2.46. The van der Waals surface area contributed by atoms with Crippen molar-refractivity contribution < 1.29 is 19.4 Å². The zero-order valence-corrected chi connectivity index (χ0v) is 12.7. The molecule has 1 amide bonds. The van der Waals surface area contributed by atoms with Gasteiger partial charge in [0, 0.05) is 18.2 Å². The molecule has 0 fully saturated rings. The molecule has 6 nitrogen and oxygen atoms in total. The van der Waals surface area contributed by atoms with Crippen molar-refractivity contribution in [2.24, 2.45) is 5.73 Å². The number of carbonyl (C=O) groups excluding carboxylic acids is 1. The Balaban J connectivity index is 2.41. The molecule has 0 bridgehead atoms. The highest BCUT2D eigenvalue weighted by Crippen LogP contribution is 2.22. The monoisotopic (exact) mass is 296 g/mol. The van der Waals surface area contributed by atoms with Crippen molar-refractivity contribution >= 4 is 5.91 Å². The van der Waals surface area contributed by atoms with Gasteiger partial charge in [0.1, 0.15) is 11.5 Å². The predicted octanol–water partition coefficient (Wildman–Crippen LogP) is 0.877. The van der Waals surface area contributed by atoms with Crippen LogP contribution in [0.15, 0.2) is 18.2 Å². The summed E-state index contributed by atoms with van der Waals surface area (Å²) in [6.07, 6.45) is 1.86. The molecule has 0 saturated carbocycles. The molecular weight excluding hydrogens is 272 g/mol. The second-order valence-electron chi connectivity index (χ2n) is 4.84. The first kappa shape index (κ1) is 17.3. The molecular formula is C15H24N2O4. The number of methoxy groups -OCH3 is 1. The maximum Gasteiger partial charge on any atom is 0.248 e. The fraction of sp³-hybridized carbons (Fsp3) is 0.533. The minimum Gasteiger partial charge on any atom is -0.497 e. The van der Waals surface area contributed by atoms with E-state index in [4.69, 9.17) is 20.3 Å². The summed E-state index contributed by atoms with van der Waals surface area (Å²) in [5.74, 6) is 0.611. The number of benzene rings is 1. The number of primary amides is 1. The lowest BCUT2D eigenvalue weighted by Gasteiger charge is -2.14. The maximum atomic E-state index is 11.2. The van der Waals surface area contributed by atoms with Crippen LogP contribution in [0, 0.1) is 0 Å². The molecule has 1 aromatic rings. The second kappa shape index (κ2) is 9.20. The fourth-order valence-corrected chi connectivity index (χ4v) is 1.87. The Morgan fingerprint density at radius 3 is 2.57 bits per heavy atom. The molecule has 0 atom stereocenters. The van der Waals surface area contributed by atoms with Gasteiger partial charge in [-0.2, -0.15) is 0 Å². The SMILES string of the molecule is COc1cc(OCCCCN(C)CCO)cc(C(N)=O)c1. The number of unbranched alkanes of at least 4 members (excludes halogenated alkanes) is 1. The van der Waals surface area contributed by atoms with Gasteiger partial charge in [0.15, 0.2) is 0 Å². The minimum absolute atomic E-state index is 0.173. The summed E-state index contributed by atoms with van der Waals surface area (Å²) in [6, 6.07) is 4.92. The molecule has 3 N–H and O–H groups in total. The summed E-state index contributed by atoms with van der Waals surface area (Å²) in [7, 11) is 3.50. The molecule has 1 aromatic carbocycles. The van der Waals surface area contributed by atoms with Gasteiger partial charge < -0.3 is 25.2 Å². The van der Waals surface area contributed by atoms with Crippen molar-refractivity contribution in [1.82, 2.24) is 4.90 Å². The van der Waals surface area contributed by atoms with E-state index in [1.807, 2.05) is 7.05 Å². The summed E-state index contributed by atoms with van der Waals surface area (Å²) in [6.45, 7) is 2.32. The van der Waals surface area contributed by atoms with Gasteiger partial charge >= 0.3 is 0 Å². The molecule has 6 heteroatoms. The molecule has 118 valence electrons. The molecule has 1 rings (SSSR count). The van der Waals surface area contributed by atoms with E-state index in [-0.39, 0.29) is 6.61 Å². The molecule has 0 heterocycles. The molecule has 21 heavy (non-hydrogen) atoms. The minimum atomic E-state index is -0.510. The molecule has 0 aliphatic rings. The number of rotatable bonds is 10. The Labute approximate surface area is 125 Å². The highest BCUT2D eigenvalue weighted by molar-refractivity contribution is 5.93. The maximum absolute atomic E-state index is 11.2. The summed E-state index contributed by atoms with van der Waals surface area (Å²) >= 11 is 0. The number of aliphatic hydroxyl groups excluding tert-OH is 1. The van der Waals surface area contributed by atoms with Crippen LogP contribution in [0.1, 0.15) is 23.2 Å². The average molecular weight is 296 g/mol. The van der Waals surface area contributed by atoms with Crippen LogP contribution in [0.2, 0.25) is 0 Å². The van der Waals surface area contributed by atoms with Crippen molar-refractivity contribution in [2.45, 2.75) is 12.8 Å². The van der Waals surface area contributed by atoms with Gasteiger partial charge in [-0.05, 0) is 38.6 Å². The highest BCUT2D eigenvalue weighted by atomic mass is 16.5. The molecule has 0 aliphatic heterocycles.